The highest BCUT2D eigenvalue weighted by Crippen LogP contribution is 1.99. The lowest BCUT2D eigenvalue weighted by Crippen LogP contribution is -2.34. The van der Waals surface area contributed by atoms with Crippen LogP contribution < -0.4 is 10.6 Å². The fourth-order valence-electron chi connectivity index (χ4n) is 1.60. The van der Waals surface area contributed by atoms with Crippen molar-refractivity contribution in [1.82, 2.24) is 10.6 Å². The van der Waals surface area contributed by atoms with Crippen LogP contribution in [-0.4, -0.2) is 31.5 Å². The summed E-state index contributed by atoms with van der Waals surface area (Å²) >= 11 is 0. The van der Waals surface area contributed by atoms with E-state index in [1.807, 2.05) is 27.7 Å². The summed E-state index contributed by atoms with van der Waals surface area (Å²) in [5, 5.41) is 6.55. The van der Waals surface area contributed by atoms with Crippen LogP contribution in [0.5, 0.6) is 0 Å². The van der Waals surface area contributed by atoms with Crippen LogP contribution in [-0.2, 0) is 4.79 Å². The minimum atomic E-state index is 0.348. The predicted octanol–water partition coefficient (Wildman–Crippen LogP) is 2.75. The van der Waals surface area contributed by atoms with E-state index < -0.39 is 0 Å². The third-order valence-electron chi connectivity index (χ3n) is 2.41. The Hall–Kier alpha value is -0.410. The standard InChI is InChI=1S/C10H20N2O.2C2H6/c1-2-3-4-5-11-7-9-6-10(13)8-12-9;2*1-2/h9,11-12H,2-8H2,1H3;2*1-2H3. The van der Waals surface area contributed by atoms with E-state index in [9.17, 15) is 4.79 Å². The molecule has 0 radical (unpaired) electrons. The lowest BCUT2D eigenvalue weighted by atomic mass is 10.2. The number of carbonyl (C=O) groups excluding carboxylic acids is 1. The Labute approximate surface area is 108 Å². The van der Waals surface area contributed by atoms with Crippen molar-refractivity contribution in [3.05, 3.63) is 0 Å². The van der Waals surface area contributed by atoms with Crippen LogP contribution in [0.3, 0.4) is 0 Å². The maximum atomic E-state index is 10.9. The van der Waals surface area contributed by atoms with Gasteiger partial charge in [-0.25, -0.2) is 0 Å². The number of nitrogens with one attached hydrogen (secondary N) is 2. The summed E-state index contributed by atoms with van der Waals surface area (Å²) in [7, 11) is 0. The Morgan fingerprint density at radius 1 is 1.24 bits per heavy atom. The second-order valence-corrected chi connectivity index (χ2v) is 3.73. The summed E-state index contributed by atoms with van der Waals surface area (Å²) in [6, 6.07) is 0.383. The molecule has 0 aromatic carbocycles. The van der Waals surface area contributed by atoms with Gasteiger partial charge in [-0.15, -0.1) is 0 Å². The summed E-state index contributed by atoms with van der Waals surface area (Å²) in [6.07, 6.45) is 4.52. The van der Waals surface area contributed by atoms with E-state index in [4.69, 9.17) is 0 Å². The van der Waals surface area contributed by atoms with E-state index in [-0.39, 0.29) is 0 Å². The Balaban J connectivity index is 0. The summed E-state index contributed by atoms with van der Waals surface area (Å²) in [6.45, 7) is 12.8. The van der Waals surface area contributed by atoms with E-state index in [1.54, 1.807) is 0 Å². The average molecular weight is 244 g/mol. The number of carbonyl (C=O) groups is 1. The average Bonchev–Trinajstić information content (AvgIpc) is 2.80. The van der Waals surface area contributed by atoms with Crippen LogP contribution in [0.1, 0.15) is 60.3 Å². The van der Waals surface area contributed by atoms with Gasteiger partial charge in [0, 0.05) is 19.0 Å². The summed E-state index contributed by atoms with van der Waals surface area (Å²) in [4.78, 5) is 10.9. The third-order valence-corrected chi connectivity index (χ3v) is 2.41. The van der Waals surface area contributed by atoms with Crippen molar-refractivity contribution in [3.63, 3.8) is 0 Å². The van der Waals surface area contributed by atoms with Gasteiger partial charge in [-0.1, -0.05) is 47.5 Å². The van der Waals surface area contributed by atoms with Gasteiger partial charge in [-0.3, -0.25) is 4.79 Å². The first-order chi connectivity index (χ1) is 8.33. The van der Waals surface area contributed by atoms with Crippen molar-refractivity contribution in [3.8, 4) is 0 Å². The normalized spacial score (nSPS) is 17.9. The number of unbranched alkanes of at least 4 members (excludes halogenated alkanes) is 2. The molecular weight excluding hydrogens is 212 g/mol. The molecule has 0 aromatic rings. The van der Waals surface area contributed by atoms with Gasteiger partial charge >= 0.3 is 0 Å². The van der Waals surface area contributed by atoms with Crippen molar-refractivity contribution in [2.75, 3.05) is 19.6 Å². The summed E-state index contributed by atoms with van der Waals surface area (Å²) in [5.74, 6) is 0.348. The predicted molar refractivity (Wildman–Crippen MR) is 76.5 cm³/mol. The molecule has 1 aliphatic rings. The first-order valence-electron chi connectivity index (χ1n) is 7.28. The third kappa shape index (κ3) is 11.8. The number of rotatable bonds is 6. The Morgan fingerprint density at radius 2 is 1.88 bits per heavy atom. The molecule has 104 valence electrons. The van der Waals surface area contributed by atoms with E-state index in [0.717, 1.165) is 13.1 Å². The molecule has 0 aromatic heterocycles. The van der Waals surface area contributed by atoms with Crippen molar-refractivity contribution < 1.29 is 4.79 Å². The van der Waals surface area contributed by atoms with Crippen LogP contribution in [0.4, 0.5) is 0 Å². The van der Waals surface area contributed by atoms with Crippen LogP contribution in [0.25, 0.3) is 0 Å². The van der Waals surface area contributed by atoms with Crippen molar-refractivity contribution in [2.24, 2.45) is 0 Å². The maximum Gasteiger partial charge on any atom is 0.148 e. The fourth-order valence-corrected chi connectivity index (χ4v) is 1.60. The number of hydrogen-bond acceptors (Lipinski definition) is 3. The molecule has 3 nitrogen and oxygen atoms in total. The minimum Gasteiger partial charge on any atom is -0.315 e. The number of ketones is 1. The molecule has 0 spiro atoms. The summed E-state index contributed by atoms with van der Waals surface area (Å²) in [5.41, 5.74) is 0. The van der Waals surface area contributed by atoms with Gasteiger partial charge in [0.1, 0.15) is 5.78 Å². The van der Waals surface area contributed by atoms with Crippen LogP contribution >= 0.6 is 0 Å². The zero-order valence-corrected chi connectivity index (χ0v) is 12.4. The van der Waals surface area contributed by atoms with Gasteiger partial charge in [0.05, 0.1) is 6.54 Å². The minimum absolute atomic E-state index is 0.348. The summed E-state index contributed by atoms with van der Waals surface area (Å²) < 4.78 is 0. The molecule has 0 aliphatic carbocycles. The van der Waals surface area contributed by atoms with E-state index in [0.29, 0.717) is 24.8 Å². The monoisotopic (exact) mass is 244 g/mol. The van der Waals surface area contributed by atoms with Gasteiger partial charge in [0.2, 0.25) is 0 Å². The molecule has 1 saturated heterocycles. The Bertz CT molecular complexity index is 160. The quantitative estimate of drug-likeness (QED) is 0.706. The molecule has 1 atom stereocenters. The van der Waals surface area contributed by atoms with Crippen LogP contribution in [0, 0.1) is 0 Å². The molecule has 1 fully saturated rings. The first kappa shape index (κ1) is 18.9. The Morgan fingerprint density at radius 3 is 2.35 bits per heavy atom. The molecule has 1 unspecified atom stereocenters. The van der Waals surface area contributed by atoms with Crippen molar-refractivity contribution in [2.45, 2.75) is 66.3 Å². The molecule has 1 rings (SSSR count). The largest absolute Gasteiger partial charge is 0.315 e. The second kappa shape index (κ2) is 15.6. The zero-order valence-electron chi connectivity index (χ0n) is 12.4. The lowest BCUT2D eigenvalue weighted by Gasteiger charge is -2.09. The Kier molecular flexibility index (Phi) is 17.4. The first-order valence-corrected chi connectivity index (χ1v) is 7.28. The smallest absolute Gasteiger partial charge is 0.148 e. The lowest BCUT2D eigenvalue weighted by molar-refractivity contribution is -0.116. The van der Waals surface area contributed by atoms with Gasteiger partial charge in [-0.2, -0.15) is 0 Å². The molecule has 0 saturated carbocycles. The van der Waals surface area contributed by atoms with E-state index in [1.165, 1.54) is 19.3 Å². The molecule has 1 heterocycles. The molecule has 3 heteroatoms. The van der Waals surface area contributed by atoms with Gasteiger partial charge in [0.25, 0.3) is 0 Å². The van der Waals surface area contributed by atoms with Crippen LogP contribution in [0.15, 0.2) is 0 Å². The fraction of sp³-hybridized carbons (Fsp3) is 0.929. The van der Waals surface area contributed by atoms with Gasteiger partial charge in [-0.05, 0) is 13.0 Å². The van der Waals surface area contributed by atoms with Crippen LogP contribution in [0.2, 0.25) is 0 Å². The highest BCUT2D eigenvalue weighted by molar-refractivity contribution is 5.83. The maximum absolute atomic E-state index is 10.9. The van der Waals surface area contributed by atoms with Crippen molar-refractivity contribution in [1.29, 1.82) is 0 Å². The van der Waals surface area contributed by atoms with E-state index in [2.05, 4.69) is 17.6 Å². The molecular formula is C14H32N2O. The molecule has 0 bridgehead atoms. The van der Waals surface area contributed by atoms with E-state index >= 15 is 0 Å². The second-order valence-electron chi connectivity index (χ2n) is 3.73. The van der Waals surface area contributed by atoms with Gasteiger partial charge in [0.15, 0.2) is 0 Å². The number of hydrogen-bond donors (Lipinski definition) is 2. The molecule has 2 N–H and O–H groups in total. The molecule has 0 amide bonds. The SMILES string of the molecule is CC.CC.CCCCCNCC1CC(=O)CN1. The van der Waals surface area contributed by atoms with Crippen molar-refractivity contribution >= 4 is 5.78 Å². The van der Waals surface area contributed by atoms with Gasteiger partial charge < -0.3 is 10.6 Å². The topological polar surface area (TPSA) is 41.1 Å². The molecule has 1 aliphatic heterocycles. The molecule has 17 heavy (non-hydrogen) atoms. The highest BCUT2D eigenvalue weighted by Gasteiger charge is 2.19. The zero-order chi connectivity index (χ0) is 13.5. The number of Topliss-reactive ketones (excluding diaryl/α,β-unsaturated/α-hetero) is 1. The highest BCUT2D eigenvalue weighted by atomic mass is 16.1.